The second kappa shape index (κ2) is 8.02. The molecule has 1 atom stereocenters. The van der Waals surface area contributed by atoms with E-state index in [1.807, 2.05) is 43.3 Å². The molecular weight excluding hydrogens is 314 g/mol. The van der Waals surface area contributed by atoms with Crippen molar-refractivity contribution in [2.75, 3.05) is 0 Å². The maximum atomic E-state index is 12.3. The topological polar surface area (TPSA) is 29.1 Å². The Kier molecular flexibility index (Phi) is 5.55. The SMILES string of the molecule is C[C@H](SCc1ccccc1)C(=O)NCc1cccc2ccccc12. The molecule has 0 saturated heterocycles. The van der Waals surface area contributed by atoms with Crippen LogP contribution in [0.25, 0.3) is 10.8 Å². The molecule has 0 heterocycles. The molecule has 0 spiro atoms. The third-order valence-electron chi connectivity index (χ3n) is 4.05. The molecule has 3 heteroatoms. The van der Waals surface area contributed by atoms with Gasteiger partial charge in [-0.3, -0.25) is 4.79 Å². The summed E-state index contributed by atoms with van der Waals surface area (Å²) in [4.78, 5) is 12.3. The maximum Gasteiger partial charge on any atom is 0.233 e. The van der Waals surface area contributed by atoms with Crippen molar-refractivity contribution in [1.29, 1.82) is 0 Å². The van der Waals surface area contributed by atoms with E-state index in [0.717, 1.165) is 11.3 Å². The molecule has 0 saturated carbocycles. The molecule has 3 rings (SSSR count). The van der Waals surface area contributed by atoms with E-state index in [1.165, 1.54) is 16.3 Å². The van der Waals surface area contributed by atoms with E-state index >= 15 is 0 Å². The second-order valence-corrected chi connectivity index (χ2v) is 7.12. The van der Waals surface area contributed by atoms with Gasteiger partial charge >= 0.3 is 0 Å². The predicted octanol–water partition coefficient (Wildman–Crippen LogP) is 4.78. The zero-order valence-electron chi connectivity index (χ0n) is 13.7. The van der Waals surface area contributed by atoms with Crippen molar-refractivity contribution in [3.05, 3.63) is 83.9 Å². The van der Waals surface area contributed by atoms with Gasteiger partial charge in [0.15, 0.2) is 0 Å². The van der Waals surface area contributed by atoms with E-state index in [2.05, 4.69) is 41.7 Å². The molecular formula is C21H21NOS. The first kappa shape index (κ1) is 16.6. The van der Waals surface area contributed by atoms with Crippen LogP contribution in [0.5, 0.6) is 0 Å². The number of nitrogens with one attached hydrogen (secondary N) is 1. The molecule has 0 aliphatic heterocycles. The first-order chi connectivity index (χ1) is 11.7. The largest absolute Gasteiger partial charge is 0.351 e. The Bertz CT molecular complexity index is 811. The van der Waals surface area contributed by atoms with Gasteiger partial charge in [0.1, 0.15) is 0 Å². The van der Waals surface area contributed by atoms with Gasteiger partial charge < -0.3 is 5.32 Å². The number of hydrogen-bond acceptors (Lipinski definition) is 2. The average molecular weight is 335 g/mol. The summed E-state index contributed by atoms with van der Waals surface area (Å²) >= 11 is 1.66. The summed E-state index contributed by atoms with van der Waals surface area (Å²) in [6, 6.07) is 24.7. The minimum absolute atomic E-state index is 0.0693. The Hall–Kier alpha value is -2.26. The molecule has 3 aromatic carbocycles. The number of rotatable bonds is 6. The van der Waals surface area contributed by atoms with Crippen LogP contribution in [0.2, 0.25) is 0 Å². The van der Waals surface area contributed by atoms with Crippen LogP contribution in [0.3, 0.4) is 0 Å². The highest BCUT2D eigenvalue weighted by atomic mass is 32.2. The van der Waals surface area contributed by atoms with Crippen LogP contribution in [0.4, 0.5) is 0 Å². The molecule has 0 aliphatic rings. The van der Waals surface area contributed by atoms with Crippen LogP contribution in [0.1, 0.15) is 18.1 Å². The maximum absolute atomic E-state index is 12.3. The molecule has 0 bridgehead atoms. The summed E-state index contributed by atoms with van der Waals surface area (Å²) < 4.78 is 0. The third kappa shape index (κ3) is 4.18. The molecule has 0 unspecified atom stereocenters. The minimum Gasteiger partial charge on any atom is -0.351 e. The molecule has 0 radical (unpaired) electrons. The molecule has 1 N–H and O–H groups in total. The van der Waals surface area contributed by atoms with Gasteiger partial charge in [-0.2, -0.15) is 0 Å². The summed E-state index contributed by atoms with van der Waals surface area (Å²) in [6.07, 6.45) is 0. The summed E-state index contributed by atoms with van der Waals surface area (Å²) in [6.45, 7) is 2.53. The fourth-order valence-electron chi connectivity index (χ4n) is 2.64. The molecule has 0 fully saturated rings. The van der Waals surface area contributed by atoms with Crippen LogP contribution in [-0.4, -0.2) is 11.2 Å². The first-order valence-electron chi connectivity index (χ1n) is 8.14. The number of amides is 1. The van der Waals surface area contributed by atoms with E-state index < -0.39 is 0 Å². The number of carbonyl (C=O) groups excluding carboxylic acids is 1. The van der Waals surface area contributed by atoms with Gasteiger partial charge in [0.05, 0.1) is 5.25 Å². The van der Waals surface area contributed by atoms with Crippen molar-refractivity contribution in [1.82, 2.24) is 5.32 Å². The second-order valence-electron chi connectivity index (χ2n) is 5.79. The lowest BCUT2D eigenvalue weighted by molar-refractivity contribution is -0.120. The summed E-state index contributed by atoms with van der Waals surface area (Å²) in [7, 11) is 0. The number of fused-ring (bicyclic) bond motifs is 1. The van der Waals surface area contributed by atoms with E-state index in [1.54, 1.807) is 11.8 Å². The Balaban J connectivity index is 1.56. The van der Waals surface area contributed by atoms with E-state index in [9.17, 15) is 4.79 Å². The lowest BCUT2D eigenvalue weighted by atomic mass is 10.0. The van der Waals surface area contributed by atoms with Crippen molar-refractivity contribution in [3.8, 4) is 0 Å². The average Bonchev–Trinajstić information content (AvgIpc) is 2.65. The quantitative estimate of drug-likeness (QED) is 0.702. The van der Waals surface area contributed by atoms with E-state index in [4.69, 9.17) is 0 Å². The normalized spacial score (nSPS) is 12.0. The van der Waals surface area contributed by atoms with Gasteiger partial charge in [-0.25, -0.2) is 0 Å². The first-order valence-corrected chi connectivity index (χ1v) is 9.19. The van der Waals surface area contributed by atoms with E-state index in [0.29, 0.717) is 6.54 Å². The summed E-state index contributed by atoms with van der Waals surface area (Å²) in [5, 5.41) is 5.40. The van der Waals surface area contributed by atoms with Crippen molar-refractivity contribution in [2.24, 2.45) is 0 Å². The Labute approximate surface area is 147 Å². The molecule has 3 aromatic rings. The Morgan fingerprint density at radius 1 is 0.958 bits per heavy atom. The highest BCUT2D eigenvalue weighted by Crippen LogP contribution is 2.20. The van der Waals surface area contributed by atoms with Gasteiger partial charge in [-0.05, 0) is 28.8 Å². The summed E-state index contributed by atoms with van der Waals surface area (Å²) in [5.74, 6) is 0.938. The Morgan fingerprint density at radius 2 is 1.67 bits per heavy atom. The minimum atomic E-state index is -0.0693. The highest BCUT2D eigenvalue weighted by molar-refractivity contribution is 7.99. The van der Waals surface area contributed by atoms with Crippen LogP contribution < -0.4 is 5.32 Å². The van der Waals surface area contributed by atoms with Gasteiger partial charge in [-0.1, -0.05) is 72.8 Å². The fraction of sp³-hybridized carbons (Fsp3) is 0.190. The lowest BCUT2D eigenvalue weighted by Crippen LogP contribution is -2.30. The van der Waals surface area contributed by atoms with Crippen LogP contribution >= 0.6 is 11.8 Å². The van der Waals surface area contributed by atoms with E-state index in [-0.39, 0.29) is 11.2 Å². The standard InChI is InChI=1S/C21H21NOS/c1-16(24-15-17-8-3-2-4-9-17)21(23)22-14-19-12-7-11-18-10-5-6-13-20(18)19/h2-13,16H,14-15H2,1H3,(H,22,23)/t16-/m0/s1. The molecule has 0 aliphatic carbocycles. The van der Waals surface area contributed by atoms with Gasteiger partial charge in [0, 0.05) is 12.3 Å². The predicted molar refractivity (Wildman–Crippen MR) is 103 cm³/mol. The Morgan fingerprint density at radius 3 is 2.50 bits per heavy atom. The van der Waals surface area contributed by atoms with Crippen LogP contribution in [0.15, 0.2) is 72.8 Å². The fourth-order valence-corrected chi connectivity index (χ4v) is 3.51. The van der Waals surface area contributed by atoms with Crippen molar-refractivity contribution in [3.63, 3.8) is 0 Å². The van der Waals surface area contributed by atoms with Crippen molar-refractivity contribution in [2.45, 2.75) is 24.5 Å². The molecule has 24 heavy (non-hydrogen) atoms. The highest BCUT2D eigenvalue weighted by Gasteiger charge is 2.13. The smallest absolute Gasteiger partial charge is 0.233 e. The zero-order chi connectivity index (χ0) is 16.8. The number of benzene rings is 3. The molecule has 2 nitrogen and oxygen atoms in total. The van der Waals surface area contributed by atoms with Crippen LogP contribution in [0, 0.1) is 0 Å². The summed E-state index contributed by atoms with van der Waals surface area (Å²) in [5.41, 5.74) is 2.40. The number of hydrogen-bond donors (Lipinski definition) is 1. The molecule has 0 aromatic heterocycles. The zero-order valence-corrected chi connectivity index (χ0v) is 14.6. The van der Waals surface area contributed by atoms with Crippen LogP contribution in [-0.2, 0) is 17.1 Å². The molecule has 122 valence electrons. The third-order valence-corrected chi connectivity index (χ3v) is 5.26. The van der Waals surface area contributed by atoms with Gasteiger partial charge in [0.2, 0.25) is 5.91 Å². The number of thioether (sulfide) groups is 1. The van der Waals surface area contributed by atoms with Crippen molar-refractivity contribution < 1.29 is 4.79 Å². The monoisotopic (exact) mass is 335 g/mol. The van der Waals surface area contributed by atoms with Gasteiger partial charge in [-0.15, -0.1) is 11.8 Å². The number of carbonyl (C=O) groups is 1. The lowest BCUT2D eigenvalue weighted by Gasteiger charge is -2.13. The molecule has 1 amide bonds. The van der Waals surface area contributed by atoms with Gasteiger partial charge in [0.25, 0.3) is 0 Å². The van der Waals surface area contributed by atoms with Crippen molar-refractivity contribution >= 4 is 28.4 Å².